The largest absolute Gasteiger partial charge is 0.356 e. The highest BCUT2D eigenvalue weighted by Gasteiger charge is 2.23. The minimum atomic E-state index is -0.259. The number of benzene rings is 1. The number of nitrogens with one attached hydrogen (secondary N) is 2. The van der Waals surface area contributed by atoms with E-state index in [0.717, 1.165) is 5.56 Å². The Balaban J connectivity index is 1.92. The second-order valence-electron chi connectivity index (χ2n) is 7.94. The minimum Gasteiger partial charge on any atom is -0.356 e. The molecule has 0 amide bonds. The van der Waals surface area contributed by atoms with Gasteiger partial charge in [-0.05, 0) is 17.7 Å². The molecular formula is C19H28FN5O. The van der Waals surface area contributed by atoms with Gasteiger partial charge in [0.25, 0.3) is 0 Å². The molecule has 0 aliphatic rings. The molecule has 2 N–H and O–H groups in total. The first-order valence-electron chi connectivity index (χ1n) is 8.65. The topological polar surface area (TPSA) is 75.3 Å². The molecule has 7 heteroatoms. The van der Waals surface area contributed by atoms with Crippen molar-refractivity contribution >= 4 is 5.96 Å². The van der Waals surface area contributed by atoms with E-state index in [-0.39, 0.29) is 16.6 Å². The van der Waals surface area contributed by atoms with Crippen LogP contribution >= 0.6 is 0 Å². The SMILES string of the molecule is CN=C(NCc1noc(C(C)(C)C)n1)NCC(C)(C)c1cccc(F)c1. The van der Waals surface area contributed by atoms with Gasteiger partial charge in [-0.15, -0.1) is 0 Å². The molecular weight excluding hydrogens is 333 g/mol. The van der Waals surface area contributed by atoms with Crippen molar-refractivity contribution in [3.05, 3.63) is 47.4 Å². The van der Waals surface area contributed by atoms with Gasteiger partial charge in [0, 0.05) is 24.4 Å². The normalized spacial score (nSPS) is 13.0. The van der Waals surface area contributed by atoms with Crippen LogP contribution < -0.4 is 10.6 Å². The summed E-state index contributed by atoms with van der Waals surface area (Å²) >= 11 is 0. The number of halogens is 1. The van der Waals surface area contributed by atoms with Gasteiger partial charge in [0.15, 0.2) is 11.8 Å². The van der Waals surface area contributed by atoms with Crippen LogP contribution in [0.15, 0.2) is 33.8 Å². The molecule has 0 saturated carbocycles. The first-order chi connectivity index (χ1) is 12.1. The van der Waals surface area contributed by atoms with E-state index in [4.69, 9.17) is 4.52 Å². The lowest BCUT2D eigenvalue weighted by Gasteiger charge is -2.26. The lowest BCUT2D eigenvalue weighted by atomic mass is 9.84. The van der Waals surface area contributed by atoms with E-state index in [1.165, 1.54) is 6.07 Å². The average Bonchev–Trinajstić information content (AvgIpc) is 3.04. The first kappa shape index (κ1) is 19.9. The zero-order valence-corrected chi connectivity index (χ0v) is 16.4. The molecule has 0 radical (unpaired) electrons. The van der Waals surface area contributed by atoms with E-state index >= 15 is 0 Å². The van der Waals surface area contributed by atoms with Gasteiger partial charge in [0.1, 0.15) is 5.82 Å². The van der Waals surface area contributed by atoms with Crippen molar-refractivity contribution in [1.29, 1.82) is 0 Å². The van der Waals surface area contributed by atoms with Crippen LogP contribution in [0.25, 0.3) is 0 Å². The van der Waals surface area contributed by atoms with Crippen molar-refractivity contribution in [2.24, 2.45) is 4.99 Å². The van der Waals surface area contributed by atoms with Gasteiger partial charge < -0.3 is 15.2 Å². The molecule has 6 nitrogen and oxygen atoms in total. The predicted molar refractivity (Wildman–Crippen MR) is 101 cm³/mol. The highest BCUT2D eigenvalue weighted by molar-refractivity contribution is 5.79. The van der Waals surface area contributed by atoms with Crippen molar-refractivity contribution in [2.45, 2.75) is 52.0 Å². The maximum Gasteiger partial charge on any atom is 0.232 e. The quantitative estimate of drug-likeness (QED) is 0.632. The lowest BCUT2D eigenvalue weighted by Crippen LogP contribution is -2.43. The molecule has 2 rings (SSSR count). The fraction of sp³-hybridized carbons (Fsp3) is 0.526. The van der Waals surface area contributed by atoms with Gasteiger partial charge >= 0.3 is 0 Å². The molecule has 1 aromatic heterocycles. The van der Waals surface area contributed by atoms with Crippen LogP contribution in [0, 0.1) is 5.82 Å². The van der Waals surface area contributed by atoms with Crippen molar-refractivity contribution < 1.29 is 8.91 Å². The Morgan fingerprint density at radius 2 is 1.92 bits per heavy atom. The number of hydrogen-bond acceptors (Lipinski definition) is 4. The fourth-order valence-electron chi connectivity index (χ4n) is 2.33. The van der Waals surface area contributed by atoms with Crippen molar-refractivity contribution in [3.63, 3.8) is 0 Å². The van der Waals surface area contributed by atoms with E-state index in [2.05, 4.69) is 39.6 Å². The third-order valence-corrected chi connectivity index (χ3v) is 4.05. The second-order valence-corrected chi connectivity index (χ2v) is 7.94. The molecule has 0 saturated heterocycles. The lowest BCUT2D eigenvalue weighted by molar-refractivity contribution is 0.318. The van der Waals surface area contributed by atoms with Gasteiger partial charge in [-0.25, -0.2) is 4.39 Å². The molecule has 2 aromatic rings. The third-order valence-electron chi connectivity index (χ3n) is 4.05. The van der Waals surface area contributed by atoms with E-state index in [1.54, 1.807) is 19.2 Å². The van der Waals surface area contributed by atoms with Crippen molar-refractivity contribution in [2.75, 3.05) is 13.6 Å². The maximum atomic E-state index is 13.5. The number of aliphatic imine (C=N–C) groups is 1. The summed E-state index contributed by atoms with van der Waals surface area (Å²) in [6.45, 7) is 11.2. The zero-order valence-electron chi connectivity index (χ0n) is 16.4. The summed E-state index contributed by atoms with van der Waals surface area (Å²) in [7, 11) is 1.70. The van der Waals surface area contributed by atoms with Crippen LogP contribution in [0.4, 0.5) is 4.39 Å². The van der Waals surface area contributed by atoms with E-state index in [0.29, 0.717) is 30.8 Å². The summed E-state index contributed by atoms with van der Waals surface area (Å²) in [5.41, 5.74) is 0.485. The Kier molecular flexibility index (Phi) is 6.00. The van der Waals surface area contributed by atoms with Crippen LogP contribution in [-0.4, -0.2) is 29.7 Å². The van der Waals surface area contributed by atoms with Gasteiger partial charge in [-0.1, -0.05) is 51.9 Å². The third kappa shape index (κ3) is 5.28. The zero-order chi connectivity index (χ0) is 19.4. The molecule has 1 heterocycles. The standard InChI is InChI=1S/C19H28FN5O/c1-18(2,3)16-24-15(25-26-16)11-22-17(21-6)23-12-19(4,5)13-8-7-9-14(20)10-13/h7-10H,11-12H2,1-6H3,(H2,21,22,23). The minimum absolute atomic E-state index is 0.180. The predicted octanol–water partition coefficient (Wildman–Crippen LogP) is 3.15. The summed E-state index contributed by atoms with van der Waals surface area (Å²) in [5, 5.41) is 10.4. The summed E-state index contributed by atoms with van der Waals surface area (Å²) in [6, 6.07) is 6.66. The van der Waals surface area contributed by atoms with Crippen LogP contribution in [0.1, 0.15) is 51.9 Å². The monoisotopic (exact) mass is 361 g/mol. The van der Waals surface area contributed by atoms with Gasteiger partial charge in [-0.2, -0.15) is 4.98 Å². The summed E-state index contributed by atoms with van der Waals surface area (Å²) in [6.07, 6.45) is 0. The van der Waals surface area contributed by atoms with Crippen LogP contribution in [0.5, 0.6) is 0 Å². The van der Waals surface area contributed by atoms with Crippen LogP contribution in [0.2, 0.25) is 0 Å². The van der Waals surface area contributed by atoms with Gasteiger partial charge in [-0.3, -0.25) is 4.99 Å². The number of nitrogens with zero attached hydrogens (tertiary/aromatic N) is 3. The highest BCUT2D eigenvalue weighted by Crippen LogP contribution is 2.23. The van der Waals surface area contributed by atoms with Gasteiger partial charge in [0.05, 0.1) is 6.54 Å². The van der Waals surface area contributed by atoms with Crippen LogP contribution in [-0.2, 0) is 17.4 Å². The van der Waals surface area contributed by atoms with Crippen molar-refractivity contribution in [1.82, 2.24) is 20.8 Å². The number of guanidine groups is 1. The Labute approximate surface area is 154 Å². The number of aromatic nitrogens is 2. The molecule has 1 aromatic carbocycles. The second kappa shape index (κ2) is 7.85. The molecule has 0 spiro atoms. The number of rotatable bonds is 5. The fourth-order valence-corrected chi connectivity index (χ4v) is 2.33. The Hall–Kier alpha value is -2.44. The molecule has 0 bridgehead atoms. The Bertz CT molecular complexity index is 761. The summed E-state index contributed by atoms with van der Waals surface area (Å²) in [4.78, 5) is 8.60. The van der Waals surface area contributed by atoms with E-state index in [1.807, 2.05) is 26.8 Å². The van der Waals surface area contributed by atoms with E-state index in [9.17, 15) is 4.39 Å². The van der Waals surface area contributed by atoms with Crippen molar-refractivity contribution in [3.8, 4) is 0 Å². The molecule has 0 unspecified atom stereocenters. The molecule has 26 heavy (non-hydrogen) atoms. The first-order valence-corrected chi connectivity index (χ1v) is 8.65. The molecule has 142 valence electrons. The molecule has 0 atom stereocenters. The summed E-state index contributed by atoms with van der Waals surface area (Å²) in [5.74, 6) is 1.56. The van der Waals surface area contributed by atoms with Crippen LogP contribution in [0.3, 0.4) is 0 Å². The molecule has 0 aliphatic carbocycles. The highest BCUT2D eigenvalue weighted by atomic mass is 19.1. The summed E-state index contributed by atoms with van der Waals surface area (Å²) < 4.78 is 18.8. The van der Waals surface area contributed by atoms with E-state index < -0.39 is 0 Å². The molecule has 0 aliphatic heterocycles. The number of hydrogen-bond donors (Lipinski definition) is 2. The Morgan fingerprint density at radius 1 is 1.19 bits per heavy atom. The average molecular weight is 361 g/mol. The maximum absolute atomic E-state index is 13.5. The Morgan fingerprint density at radius 3 is 2.50 bits per heavy atom. The van der Waals surface area contributed by atoms with Gasteiger partial charge in [0.2, 0.25) is 5.89 Å². The smallest absolute Gasteiger partial charge is 0.232 e. The molecule has 0 fully saturated rings.